The first-order valence-electron chi connectivity index (χ1n) is 9.07. The van der Waals surface area contributed by atoms with Gasteiger partial charge in [-0.2, -0.15) is 0 Å². The van der Waals surface area contributed by atoms with Gasteiger partial charge >= 0.3 is 0 Å². The van der Waals surface area contributed by atoms with E-state index in [1.54, 1.807) is 11.3 Å². The Labute approximate surface area is 163 Å². The van der Waals surface area contributed by atoms with Crippen molar-refractivity contribution in [1.29, 1.82) is 0 Å². The molecule has 7 heteroatoms. The molecule has 140 valence electrons. The van der Waals surface area contributed by atoms with Crippen molar-refractivity contribution >= 4 is 33.0 Å². The molecule has 1 aliphatic rings. The van der Waals surface area contributed by atoms with Crippen LogP contribution in [-0.4, -0.2) is 34.2 Å². The van der Waals surface area contributed by atoms with E-state index < -0.39 is 0 Å². The topological polar surface area (TPSA) is 59.5 Å². The third kappa shape index (κ3) is 3.33. The number of benzene rings is 1. The van der Waals surface area contributed by atoms with Crippen LogP contribution in [0.5, 0.6) is 0 Å². The lowest BCUT2D eigenvalue weighted by Gasteiger charge is -2.21. The number of fused-ring (bicyclic) bond motifs is 1. The van der Waals surface area contributed by atoms with Gasteiger partial charge in [0.25, 0.3) is 0 Å². The molecular weight excluding hydrogens is 366 g/mol. The number of hydrogen-bond donors (Lipinski definition) is 1. The molecule has 2 aromatic heterocycles. The third-order valence-corrected chi connectivity index (χ3v) is 6.17. The van der Waals surface area contributed by atoms with Crippen molar-refractivity contribution in [3.05, 3.63) is 35.0 Å². The molecule has 0 spiro atoms. The number of rotatable bonds is 3. The molecule has 1 atom stereocenters. The van der Waals surface area contributed by atoms with Gasteiger partial charge in [0.1, 0.15) is 0 Å². The minimum atomic E-state index is 0.186. The van der Waals surface area contributed by atoms with Gasteiger partial charge in [-0.05, 0) is 31.4 Å². The average molecular weight is 392 g/mol. The highest BCUT2D eigenvalue weighted by Crippen LogP contribution is 2.36. The highest BCUT2D eigenvalue weighted by atomic mass is 35.5. The van der Waals surface area contributed by atoms with Crippen LogP contribution in [0.1, 0.15) is 32.9 Å². The van der Waals surface area contributed by atoms with Gasteiger partial charge < -0.3 is 10.6 Å². The first-order valence-corrected chi connectivity index (χ1v) is 10.3. The smallest absolute Gasteiger partial charge is 0.214 e. The Morgan fingerprint density at radius 2 is 2.04 bits per heavy atom. The summed E-state index contributed by atoms with van der Waals surface area (Å²) >= 11 is 7.95. The highest BCUT2D eigenvalue weighted by Gasteiger charge is 2.34. The van der Waals surface area contributed by atoms with Gasteiger partial charge in [0, 0.05) is 18.7 Å². The predicted octanol–water partition coefficient (Wildman–Crippen LogP) is 4.62. The van der Waals surface area contributed by atoms with Gasteiger partial charge in [-0.15, -0.1) is 5.10 Å². The molecule has 26 heavy (non-hydrogen) atoms. The molecule has 3 aromatic rings. The molecule has 1 saturated heterocycles. The summed E-state index contributed by atoms with van der Waals surface area (Å²) in [5.74, 6) is 0. The second kappa shape index (κ2) is 7.55. The summed E-state index contributed by atoms with van der Waals surface area (Å²) in [4.78, 5) is 8.00. The van der Waals surface area contributed by atoms with Crippen LogP contribution in [0.4, 0.5) is 5.13 Å². The van der Waals surface area contributed by atoms with Crippen LogP contribution in [0.25, 0.3) is 16.2 Å². The number of halogens is 1. The number of hydrogen-bond acceptors (Lipinski definition) is 5. The second-order valence-corrected chi connectivity index (χ2v) is 8.13. The Hall–Kier alpha value is -1.63. The molecule has 0 saturated carbocycles. The summed E-state index contributed by atoms with van der Waals surface area (Å²) in [7, 11) is 0. The predicted molar refractivity (Wildman–Crippen MR) is 111 cm³/mol. The van der Waals surface area contributed by atoms with Crippen LogP contribution < -0.4 is 10.6 Å². The van der Waals surface area contributed by atoms with E-state index in [0.717, 1.165) is 46.6 Å². The molecule has 3 heterocycles. The van der Waals surface area contributed by atoms with Gasteiger partial charge in [-0.1, -0.05) is 61.9 Å². The Morgan fingerprint density at radius 1 is 1.31 bits per heavy atom. The molecule has 1 fully saturated rings. The molecular formula is C19H26ClN5S. The SMILES string of the molecule is CC.Cc1c(-c2ccccc2Cl)nc2sc(N3CCC(C)(CN)C3)nn12. The van der Waals surface area contributed by atoms with Crippen molar-refractivity contribution in [2.45, 2.75) is 34.1 Å². The van der Waals surface area contributed by atoms with Crippen LogP contribution in [-0.2, 0) is 0 Å². The summed E-state index contributed by atoms with van der Waals surface area (Å²) in [6.45, 7) is 10.9. The van der Waals surface area contributed by atoms with E-state index >= 15 is 0 Å². The maximum Gasteiger partial charge on any atom is 0.214 e. The van der Waals surface area contributed by atoms with Crippen LogP contribution in [0.3, 0.4) is 0 Å². The highest BCUT2D eigenvalue weighted by molar-refractivity contribution is 7.20. The molecule has 1 aliphatic heterocycles. The zero-order valence-corrected chi connectivity index (χ0v) is 17.4. The average Bonchev–Trinajstić information content (AvgIpc) is 3.33. The van der Waals surface area contributed by atoms with Gasteiger partial charge in [0.15, 0.2) is 0 Å². The second-order valence-electron chi connectivity index (χ2n) is 6.79. The lowest BCUT2D eigenvalue weighted by Crippen LogP contribution is -2.31. The van der Waals surface area contributed by atoms with Crippen molar-refractivity contribution in [2.24, 2.45) is 11.1 Å². The van der Waals surface area contributed by atoms with Crippen LogP contribution >= 0.6 is 22.9 Å². The largest absolute Gasteiger partial charge is 0.346 e. The fourth-order valence-corrected chi connectivity index (χ4v) is 4.43. The van der Waals surface area contributed by atoms with E-state index in [1.807, 2.05) is 49.6 Å². The van der Waals surface area contributed by atoms with Crippen molar-refractivity contribution in [3.8, 4) is 11.3 Å². The third-order valence-electron chi connectivity index (χ3n) is 4.87. The Balaban J connectivity index is 0.000000948. The van der Waals surface area contributed by atoms with Gasteiger partial charge in [0.05, 0.1) is 16.4 Å². The van der Waals surface area contributed by atoms with E-state index in [0.29, 0.717) is 11.6 Å². The molecule has 0 aliphatic carbocycles. The molecule has 4 rings (SSSR count). The summed E-state index contributed by atoms with van der Waals surface area (Å²) in [5.41, 5.74) is 8.97. The molecule has 0 radical (unpaired) electrons. The van der Waals surface area contributed by atoms with E-state index in [9.17, 15) is 0 Å². The lowest BCUT2D eigenvalue weighted by molar-refractivity contribution is 0.383. The summed E-state index contributed by atoms with van der Waals surface area (Å²) in [6.07, 6.45) is 1.11. The minimum Gasteiger partial charge on any atom is -0.346 e. The van der Waals surface area contributed by atoms with E-state index in [4.69, 9.17) is 27.4 Å². The zero-order chi connectivity index (χ0) is 18.9. The number of aryl methyl sites for hydroxylation is 1. The van der Waals surface area contributed by atoms with Crippen molar-refractivity contribution in [1.82, 2.24) is 14.6 Å². The number of aromatic nitrogens is 3. The molecule has 2 N–H and O–H groups in total. The van der Waals surface area contributed by atoms with Gasteiger partial charge in [0.2, 0.25) is 10.1 Å². The monoisotopic (exact) mass is 391 g/mol. The summed E-state index contributed by atoms with van der Waals surface area (Å²) < 4.78 is 1.93. The lowest BCUT2D eigenvalue weighted by atomic mass is 9.90. The summed E-state index contributed by atoms with van der Waals surface area (Å²) in [5, 5.41) is 6.51. The number of nitrogens with two attached hydrogens (primary N) is 1. The van der Waals surface area contributed by atoms with E-state index in [2.05, 4.69) is 11.8 Å². The minimum absolute atomic E-state index is 0.186. The van der Waals surface area contributed by atoms with Crippen LogP contribution in [0.15, 0.2) is 24.3 Å². The number of imidazole rings is 1. The summed E-state index contributed by atoms with van der Waals surface area (Å²) in [6, 6.07) is 7.79. The number of nitrogens with zero attached hydrogens (tertiary/aromatic N) is 4. The van der Waals surface area contributed by atoms with Crippen LogP contribution in [0, 0.1) is 12.3 Å². The van der Waals surface area contributed by atoms with Crippen molar-refractivity contribution in [2.75, 3.05) is 24.5 Å². The Bertz CT molecular complexity index is 903. The Kier molecular flexibility index (Phi) is 5.55. The molecule has 1 aromatic carbocycles. The van der Waals surface area contributed by atoms with Crippen LogP contribution in [0.2, 0.25) is 5.02 Å². The first-order chi connectivity index (χ1) is 12.5. The van der Waals surface area contributed by atoms with Crippen molar-refractivity contribution in [3.63, 3.8) is 0 Å². The zero-order valence-electron chi connectivity index (χ0n) is 15.8. The quantitative estimate of drug-likeness (QED) is 0.707. The standard InChI is InChI=1S/C17H20ClN5S.C2H6/c1-11-14(12-5-3-4-6-13(12)18)20-15-23(11)21-16(24-15)22-8-7-17(2,9-19)10-22;1-2/h3-6H,7-10,19H2,1-2H3;1-2H3. The molecule has 0 bridgehead atoms. The molecule has 1 unspecified atom stereocenters. The van der Waals surface area contributed by atoms with Gasteiger partial charge in [-0.3, -0.25) is 0 Å². The number of anilines is 1. The van der Waals surface area contributed by atoms with E-state index in [1.165, 1.54) is 0 Å². The molecule has 0 amide bonds. The first kappa shape index (κ1) is 19.1. The fraction of sp³-hybridized carbons (Fsp3) is 0.474. The Morgan fingerprint density at radius 3 is 2.65 bits per heavy atom. The van der Waals surface area contributed by atoms with Crippen molar-refractivity contribution < 1.29 is 0 Å². The maximum atomic E-state index is 6.32. The molecule has 5 nitrogen and oxygen atoms in total. The van der Waals surface area contributed by atoms with E-state index in [-0.39, 0.29) is 5.41 Å². The fourth-order valence-electron chi connectivity index (χ4n) is 3.23. The normalized spacial score (nSPS) is 19.7. The maximum absolute atomic E-state index is 6.32. The van der Waals surface area contributed by atoms with Gasteiger partial charge in [-0.25, -0.2) is 9.50 Å².